The van der Waals surface area contributed by atoms with Crippen LogP contribution in [0.4, 0.5) is 13.2 Å². The molecule has 0 unspecified atom stereocenters. The summed E-state index contributed by atoms with van der Waals surface area (Å²) < 4.78 is 43.1. The third kappa shape index (κ3) is 9.66. The molecule has 0 aliphatic carbocycles. The second-order valence-corrected chi connectivity index (χ2v) is 5.70. The van der Waals surface area contributed by atoms with Gasteiger partial charge in [-0.25, -0.2) is 0 Å². The Bertz CT molecular complexity index is 690. The molecule has 5 nitrogen and oxygen atoms in total. The molecule has 1 aromatic carbocycles. The van der Waals surface area contributed by atoms with E-state index in [9.17, 15) is 13.2 Å². The van der Waals surface area contributed by atoms with Gasteiger partial charge in [-0.15, -0.1) is 24.0 Å². The molecule has 2 rings (SSSR count). The lowest BCUT2D eigenvalue weighted by molar-refractivity contribution is -0.176. The van der Waals surface area contributed by atoms with Crippen molar-refractivity contribution < 1.29 is 17.9 Å². The smallest absolute Gasteiger partial charge is 0.367 e. The van der Waals surface area contributed by atoms with Gasteiger partial charge in [-0.3, -0.25) is 4.99 Å². The minimum Gasteiger partial charge on any atom is -0.367 e. The second kappa shape index (κ2) is 11.9. The predicted octanol–water partition coefficient (Wildman–Crippen LogP) is 3.55. The number of aliphatic imine (C=N–C) groups is 1. The molecule has 0 spiro atoms. The van der Waals surface area contributed by atoms with E-state index in [0.717, 1.165) is 18.7 Å². The first-order valence-corrected chi connectivity index (χ1v) is 8.24. The van der Waals surface area contributed by atoms with Crippen molar-refractivity contribution in [3.63, 3.8) is 0 Å². The van der Waals surface area contributed by atoms with Gasteiger partial charge in [0.15, 0.2) is 5.96 Å². The number of halogens is 4. The molecule has 2 N–H and O–H groups in total. The SMILES string of the molecule is CN=C(NCCn1cccc1)NCc1cccc(COCC(F)(F)F)c1.I. The molecule has 0 atom stereocenters. The van der Waals surface area contributed by atoms with E-state index in [2.05, 4.69) is 20.2 Å². The first-order chi connectivity index (χ1) is 12.5. The fourth-order valence-corrected chi connectivity index (χ4v) is 2.34. The van der Waals surface area contributed by atoms with Crippen molar-refractivity contribution >= 4 is 29.9 Å². The van der Waals surface area contributed by atoms with Crippen LogP contribution >= 0.6 is 24.0 Å². The minimum atomic E-state index is -4.31. The van der Waals surface area contributed by atoms with Crippen LogP contribution < -0.4 is 10.6 Å². The van der Waals surface area contributed by atoms with Crippen LogP contribution in [0.3, 0.4) is 0 Å². The van der Waals surface area contributed by atoms with Crippen molar-refractivity contribution in [2.24, 2.45) is 4.99 Å². The Morgan fingerprint density at radius 1 is 1.11 bits per heavy atom. The lowest BCUT2D eigenvalue weighted by atomic mass is 10.1. The number of alkyl halides is 3. The number of ether oxygens (including phenoxy) is 1. The van der Waals surface area contributed by atoms with Crippen LogP contribution in [-0.2, 0) is 24.4 Å². The molecule has 0 aliphatic heterocycles. The highest BCUT2D eigenvalue weighted by molar-refractivity contribution is 14.0. The summed E-state index contributed by atoms with van der Waals surface area (Å²) in [5.41, 5.74) is 1.63. The fourth-order valence-electron chi connectivity index (χ4n) is 2.34. The van der Waals surface area contributed by atoms with Crippen LogP contribution in [0.5, 0.6) is 0 Å². The number of aromatic nitrogens is 1. The maximum absolute atomic E-state index is 12.1. The van der Waals surface area contributed by atoms with Crippen molar-refractivity contribution in [1.82, 2.24) is 15.2 Å². The van der Waals surface area contributed by atoms with Gasteiger partial charge < -0.3 is 19.9 Å². The van der Waals surface area contributed by atoms with Gasteiger partial charge in [-0.05, 0) is 23.3 Å². The van der Waals surface area contributed by atoms with Crippen LogP contribution in [0.1, 0.15) is 11.1 Å². The monoisotopic (exact) mass is 496 g/mol. The maximum Gasteiger partial charge on any atom is 0.411 e. The molecule has 0 saturated heterocycles. The van der Waals surface area contributed by atoms with E-state index in [1.165, 1.54) is 0 Å². The number of rotatable bonds is 8. The van der Waals surface area contributed by atoms with Crippen LogP contribution in [-0.4, -0.2) is 36.9 Å². The normalized spacial score (nSPS) is 11.8. The highest BCUT2D eigenvalue weighted by atomic mass is 127. The van der Waals surface area contributed by atoms with E-state index in [1.54, 1.807) is 19.2 Å². The molecule has 1 aromatic heterocycles. The molecule has 0 saturated carbocycles. The maximum atomic E-state index is 12.1. The Morgan fingerprint density at radius 2 is 1.81 bits per heavy atom. The zero-order valence-electron chi connectivity index (χ0n) is 15.0. The van der Waals surface area contributed by atoms with Gasteiger partial charge in [0.05, 0.1) is 6.61 Å². The summed E-state index contributed by atoms with van der Waals surface area (Å²) in [4.78, 5) is 4.16. The van der Waals surface area contributed by atoms with Gasteiger partial charge in [0.1, 0.15) is 6.61 Å². The number of nitrogens with zero attached hydrogens (tertiary/aromatic N) is 2. The zero-order valence-corrected chi connectivity index (χ0v) is 17.3. The Kier molecular flexibility index (Phi) is 10.2. The molecule has 0 fully saturated rings. The largest absolute Gasteiger partial charge is 0.411 e. The molecule has 0 aliphatic rings. The summed E-state index contributed by atoms with van der Waals surface area (Å²) >= 11 is 0. The van der Waals surface area contributed by atoms with Crippen LogP contribution in [0.25, 0.3) is 0 Å². The minimum absolute atomic E-state index is 0. The summed E-state index contributed by atoms with van der Waals surface area (Å²) in [6, 6.07) is 11.2. The number of nitrogens with one attached hydrogen (secondary N) is 2. The van der Waals surface area contributed by atoms with Gasteiger partial charge in [-0.2, -0.15) is 13.2 Å². The quantitative estimate of drug-likeness (QED) is 0.334. The molecule has 27 heavy (non-hydrogen) atoms. The van der Waals surface area contributed by atoms with Gasteiger partial charge in [-0.1, -0.05) is 24.3 Å². The first kappa shape index (κ1) is 23.3. The van der Waals surface area contributed by atoms with Gasteiger partial charge in [0.25, 0.3) is 0 Å². The Balaban J connectivity index is 0.00000364. The second-order valence-electron chi connectivity index (χ2n) is 5.70. The Labute approximate surface area is 174 Å². The molecular weight excluding hydrogens is 472 g/mol. The number of hydrogen-bond donors (Lipinski definition) is 2. The molecule has 1 heterocycles. The summed E-state index contributed by atoms with van der Waals surface area (Å²) in [7, 11) is 1.69. The van der Waals surface area contributed by atoms with Gasteiger partial charge in [0.2, 0.25) is 0 Å². The van der Waals surface area contributed by atoms with Gasteiger partial charge >= 0.3 is 6.18 Å². The third-order valence-electron chi connectivity index (χ3n) is 3.54. The van der Waals surface area contributed by atoms with E-state index in [4.69, 9.17) is 4.74 Å². The van der Waals surface area contributed by atoms with Crippen molar-refractivity contribution in [2.75, 3.05) is 20.2 Å². The highest BCUT2D eigenvalue weighted by Gasteiger charge is 2.27. The molecule has 150 valence electrons. The highest BCUT2D eigenvalue weighted by Crippen LogP contribution is 2.16. The first-order valence-electron chi connectivity index (χ1n) is 8.24. The molecular formula is C18H24F3IN4O. The molecule has 0 amide bonds. The molecule has 0 bridgehead atoms. The number of benzene rings is 1. The Morgan fingerprint density at radius 3 is 2.48 bits per heavy atom. The number of guanidine groups is 1. The Hall–Kier alpha value is -1.75. The van der Waals surface area contributed by atoms with Crippen molar-refractivity contribution in [2.45, 2.75) is 25.9 Å². The van der Waals surface area contributed by atoms with Crippen LogP contribution in [0.2, 0.25) is 0 Å². The average Bonchev–Trinajstić information content (AvgIpc) is 3.10. The topological polar surface area (TPSA) is 50.6 Å². The van der Waals surface area contributed by atoms with Gasteiger partial charge in [0, 0.05) is 39.1 Å². The van der Waals surface area contributed by atoms with E-state index >= 15 is 0 Å². The summed E-state index contributed by atoms with van der Waals surface area (Å²) in [6.07, 6.45) is -0.327. The van der Waals surface area contributed by atoms with E-state index in [-0.39, 0.29) is 30.6 Å². The fraction of sp³-hybridized carbons (Fsp3) is 0.389. The van der Waals surface area contributed by atoms with Crippen molar-refractivity contribution in [3.8, 4) is 0 Å². The zero-order chi connectivity index (χ0) is 18.8. The summed E-state index contributed by atoms with van der Waals surface area (Å²) in [5, 5.41) is 6.39. The standard InChI is InChI=1S/C18H23F3N4O.HI/c1-22-17(23-7-10-25-8-2-3-9-25)24-12-15-5-4-6-16(11-15)13-26-14-18(19,20)21;/h2-6,8-9,11H,7,10,12-14H2,1H3,(H2,22,23,24);1H. The molecule has 9 heteroatoms. The predicted molar refractivity (Wildman–Crippen MR) is 110 cm³/mol. The molecule has 0 radical (unpaired) electrons. The van der Waals surface area contributed by atoms with Crippen LogP contribution in [0, 0.1) is 0 Å². The third-order valence-corrected chi connectivity index (χ3v) is 3.54. The lowest BCUT2D eigenvalue weighted by Gasteiger charge is -2.13. The van der Waals surface area contributed by atoms with E-state index in [0.29, 0.717) is 18.1 Å². The number of hydrogen-bond acceptors (Lipinski definition) is 2. The van der Waals surface area contributed by atoms with E-state index < -0.39 is 12.8 Å². The van der Waals surface area contributed by atoms with Crippen LogP contribution in [0.15, 0.2) is 53.8 Å². The molecule has 2 aromatic rings. The lowest BCUT2D eigenvalue weighted by Crippen LogP contribution is -2.38. The van der Waals surface area contributed by atoms with Crippen molar-refractivity contribution in [1.29, 1.82) is 0 Å². The average molecular weight is 496 g/mol. The van der Waals surface area contributed by atoms with E-state index in [1.807, 2.05) is 36.7 Å². The van der Waals surface area contributed by atoms with Crippen molar-refractivity contribution in [3.05, 3.63) is 59.9 Å². The summed E-state index contributed by atoms with van der Waals surface area (Å²) in [6.45, 7) is 0.736. The summed E-state index contributed by atoms with van der Waals surface area (Å²) in [5.74, 6) is 0.663.